The van der Waals surface area contributed by atoms with Crippen LogP contribution in [-0.2, 0) is 15.6 Å². The van der Waals surface area contributed by atoms with E-state index in [1.807, 2.05) is 0 Å². The van der Waals surface area contributed by atoms with E-state index in [-0.39, 0.29) is 22.3 Å². The second-order valence-corrected chi connectivity index (χ2v) is 5.11. The molecule has 0 heterocycles. The van der Waals surface area contributed by atoms with Gasteiger partial charge in [0.2, 0.25) is 0 Å². The zero-order valence-electron chi connectivity index (χ0n) is 9.00. The zero-order chi connectivity index (χ0) is 12.3. The fourth-order valence-electron chi connectivity index (χ4n) is 1.03. The van der Waals surface area contributed by atoms with E-state index in [0.29, 0.717) is 0 Å². The number of ketones is 1. The molecule has 1 unspecified atom stereocenters. The van der Waals surface area contributed by atoms with E-state index in [0.717, 1.165) is 18.2 Å². The number of hydrogen-bond acceptors (Lipinski definition) is 2. The van der Waals surface area contributed by atoms with Gasteiger partial charge in [-0.1, -0.05) is 13.8 Å². The molecule has 0 N–H and O–H groups in total. The molecule has 2 nitrogen and oxygen atoms in total. The first-order valence-corrected chi connectivity index (χ1v) is 6.10. The Hall–Kier alpha value is -1.10. The minimum atomic E-state index is -1.82. The van der Waals surface area contributed by atoms with E-state index in [4.69, 9.17) is 0 Å². The van der Waals surface area contributed by atoms with Crippen LogP contribution in [0.5, 0.6) is 0 Å². The summed E-state index contributed by atoms with van der Waals surface area (Å²) in [6, 6.07) is 2.71. The van der Waals surface area contributed by atoms with Gasteiger partial charge < -0.3 is 0 Å². The molecular weight excluding hydrogens is 234 g/mol. The van der Waals surface area contributed by atoms with E-state index < -0.39 is 22.4 Å². The second-order valence-electron chi connectivity index (χ2n) is 3.69. The fraction of sp³-hybridized carbons (Fsp3) is 0.364. The van der Waals surface area contributed by atoms with Gasteiger partial charge in [-0.05, 0) is 18.2 Å². The maximum absolute atomic E-state index is 13.2. The van der Waals surface area contributed by atoms with Crippen LogP contribution in [0.1, 0.15) is 13.8 Å². The minimum Gasteiger partial charge on any atom is -0.298 e. The maximum Gasteiger partial charge on any atom is 0.148 e. The molecule has 0 fully saturated rings. The first-order valence-electron chi connectivity index (χ1n) is 4.78. The average Bonchev–Trinajstić information content (AvgIpc) is 2.21. The SMILES string of the molecule is CC(C)C(=O)CS(=O)c1cc(F)ccc1F. The van der Waals surface area contributed by atoms with Crippen molar-refractivity contribution < 1.29 is 17.8 Å². The van der Waals surface area contributed by atoms with Crippen LogP contribution < -0.4 is 0 Å². The first-order chi connectivity index (χ1) is 7.41. The standard InChI is InChI=1S/C11H12F2O2S/c1-7(2)10(14)6-16(15)11-5-8(12)3-4-9(11)13/h3-5,7H,6H2,1-2H3. The molecule has 1 aromatic carbocycles. The number of benzene rings is 1. The summed E-state index contributed by atoms with van der Waals surface area (Å²) < 4.78 is 37.6. The van der Waals surface area contributed by atoms with Gasteiger partial charge in [0, 0.05) is 5.92 Å². The Kier molecular flexibility index (Phi) is 4.29. The van der Waals surface area contributed by atoms with Crippen LogP contribution in [0.4, 0.5) is 8.78 Å². The third-order valence-corrected chi connectivity index (χ3v) is 3.41. The van der Waals surface area contributed by atoms with Crippen LogP contribution in [0.3, 0.4) is 0 Å². The highest BCUT2D eigenvalue weighted by Crippen LogP contribution is 2.15. The summed E-state index contributed by atoms with van der Waals surface area (Å²) in [6.45, 7) is 3.34. The second kappa shape index (κ2) is 5.30. The summed E-state index contributed by atoms with van der Waals surface area (Å²) in [5.41, 5.74) is 0. The van der Waals surface area contributed by atoms with E-state index in [1.165, 1.54) is 0 Å². The molecule has 0 radical (unpaired) electrons. The predicted octanol–water partition coefficient (Wildman–Crippen LogP) is 2.30. The molecule has 0 bridgehead atoms. The molecule has 0 saturated heterocycles. The van der Waals surface area contributed by atoms with Crippen molar-refractivity contribution in [3.63, 3.8) is 0 Å². The summed E-state index contributed by atoms with van der Waals surface area (Å²) in [7, 11) is -1.82. The lowest BCUT2D eigenvalue weighted by Crippen LogP contribution is -2.17. The van der Waals surface area contributed by atoms with Crippen LogP contribution in [0.2, 0.25) is 0 Å². The highest BCUT2D eigenvalue weighted by atomic mass is 32.2. The maximum atomic E-state index is 13.2. The topological polar surface area (TPSA) is 34.1 Å². The highest BCUT2D eigenvalue weighted by Gasteiger charge is 2.16. The predicted molar refractivity (Wildman–Crippen MR) is 57.5 cm³/mol. The van der Waals surface area contributed by atoms with Gasteiger partial charge >= 0.3 is 0 Å². The van der Waals surface area contributed by atoms with Crippen LogP contribution in [0, 0.1) is 17.6 Å². The van der Waals surface area contributed by atoms with Crippen molar-refractivity contribution >= 4 is 16.6 Å². The lowest BCUT2D eigenvalue weighted by molar-refractivity contribution is -0.119. The zero-order valence-corrected chi connectivity index (χ0v) is 9.81. The Labute approximate surface area is 95.1 Å². The van der Waals surface area contributed by atoms with Gasteiger partial charge in [-0.15, -0.1) is 0 Å². The summed E-state index contributed by atoms with van der Waals surface area (Å²) in [5, 5.41) is 0. The summed E-state index contributed by atoms with van der Waals surface area (Å²) in [6.07, 6.45) is 0. The average molecular weight is 246 g/mol. The number of rotatable bonds is 4. The minimum absolute atomic E-state index is 0.234. The van der Waals surface area contributed by atoms with E-state index >= 15 is 0 Å². The van der Waals surface area contributed by atoms with Crippen molar-refractivity contribution in [3.8, 4) is 0 Å². The van der Waals surface area contributed by atoms with Gasteiger partial charge in [0.25, 0.3) is 0 Å². The van der Waals surface area contributed by atoms with Crippen molar-refractivity contribution in [1.29, 1.82) is 0 Å². The molecule has 0 amide bonds. The van der Waals surface area contributed by atoms with Crippen molar-refractivity contribution in [3.05, 3.63) is 29.8 Å². The number of hydrogen-bond donors (Lipinski definition) is 0. The number of halogens is 2. The molecule has 5 heteroatoms. The number of Topliss-reactive ketones (excluding diaryl/α,β-unsaturated/α-hetero) is 1. The lowest BCUT2D eigenvalue weighted by Gasteiger charge is -2.05. The molecular formula is C11H12F2O2S. The van der Waals surface area contributed by atoms with Crippen molar-refractivity contribution in [1.82, 2.24) is 0 Å². The molecule has 1 atom stereocenters. The van der Waals surface area contributed by atoms with Crippen LogP contribution >= 0.6 is 0 Å². The summed E-state index contributed by atoms with van der Waals surface area (Å²) in [5.74, 6) is -2.20. The summed E-state index contributed by atoms with van der Waals surface area (Å²) in [4.78, 5) is 11.1. The van der Waals surface area contributed by atoms with Crippen molar-refractivity contribution in [2.24, 2.45) is 5.92 Å². The largest absolute Gasteiger partial charge is 0.298 e. The van der Waals surface area contributed by atoms with Gasteiger partial charge in [0.15, 0.2) is 0 Å². The van der Waals surface area contributed by atoms with Crippen LogP contribution in [0.25, 0.3) is 0 Å². The number of carbonyl (C=O) groups excluding carboxylic acids is 1. The van der Waals surface area contributed by atoms with Gasteiger partial charge in [0.05, 0.1) is 21.4 Å². The molecule has 16 heavy (non-hydrogen) atoms. The fourth-order valence-corrected chi connectivity index (χ4v) is 2.30. The Bertz CT molecular complexity index is 430. The molecule has 0 spiro atoms. The smallest absolute Gasteiger partial charge is 0.148 e. The van der Waals surface area contributed by atoms with Crippen molar-refractivity contribution in [2.75, 3.05) is 5.75 Å². The first kappa shape index (κ1) is 13.0. The Balaban J connectivity index is 2.88. The van der Waals surface area contributed by atoms with Gasteiger partial charge in [0.1, 0.15) is 17.4 Å². The van der Waals surface area contributed by atoms with E-state index in [9.17, 15) is 17.8 Å². The molecule has 0 aliphatic carbocycles. The quantitative estimate of drug-likeness (QED) is 0.817. The Morgan fingerprint density at radius 2 is 2.00 bits per heavy atom. The van der Waals surface area contributed by atoms with Crippen LogP contribution in [0.15, 0.2) is 23.1 Å². The van der Waals surface area contributed by atoms with E-state index in [1.54, 1.807) is 13.8 Å². The van der Waals surface area contributed by atoms with Crippen LogP contribution in [-0.4, -0.2) is 15.7 Å². The molecule has 0 aliphatic heterocycles. The van der Waals surface area contributed by atoms with Gasteiger partial charge in [-0.25, -0.2) is 8.78 Å². The highest BCUT2D eigenvalue weighted by molar-refractivity contribution is 7.85. The number of carbonyl (C=O) groups is 1. The van der Waals surface area contributed by atoms with Gasteiger partial charge in [-0.3, -0.25) is 9.00 Å². The monoisotopic (exact) mass is 246 g/mol. The Morgan fingerprint density at radius 1 is 1.38 bits per heavy atom. The third-order valence-electron chi connectivity index (χ3n) is 2.06. The molecule has 1 aromatic rings. The molecule has 0 aliphatic rings. The van der Waals surface area contributed by atoms with E-state index in [2.05, 4.69) is 0 Å². The summed E-state index contributed by atoms with van der Waals surface area (Å²) >= 11 is 0. The molecule has 1 rings (SSSR count). The molecule has 88 valence electrons. The van der Waals surface area contributed by atoms with Gasteiger partial charge in [-0.2, -0.15) is 0 Å². The molecule has 0 saturated carbocycles. The molecule has 0 aromatic heterocycles. The van der Waals surface area contributed by atoms with Crippen molar-refractivity contribution in [2.45, 2.75) is 18.7 Å². The Morgan fingerprint density at radius 3 is 2.56 bits per heavy atom. The lowest BCUT2D eigenvalue weighted by atomic mass is 10.1. The third kappa shape index (κ3) is 3.20. The normalized spacial score (nSPS) is 12.8.